The number of nitrogens with one attached hydrogen (secondary N) is 1. The van der Waals surface area contributed by atoms with E-state index in [1.807, 2.05) is 4.90 Å². The summed E-state index contributed by atoms with van der Waals surface area (Å²) in [6, 6.07) is 9.87. The van der Waals surface area contributed by atoms with E-state index < -0.39 is 21.6 Å². The number of carbonyl (C=O) groups excluding carboxylic acids is 1. The maximum Gasteiger partial charge on any atom is 0.350 e. The van der Waals surface area contributed by atoms with E-state index in [1.165, 1.54) is 14.8 Å². The number of hydrogen-bond acceptors (Lipinski definition) is 7. The molecular formula is C22H28N6O5S. The predicted octanol–water partition coefficient (Wildman–Crippen LogP) is 1.00. The summed E-state index contributed by atoms with van der Waals surface area (Å²) < 4.78 is 35.4. The summed E-state index contributed by atoms with van der Waals surface area (Å²) in [5, 5.41) is 6.99. The number of aromatic nitrogens is 3. The number of amides is 1. The second-order valence-electron chi connectivity index (χ2n) is 7.78. The van der Waals surface area contributed by atoms with Crippen LogP contribution in [0.5, 0.6) is 0 Å². The van der Waals surface area contributed by atoms with Gasteiger partial charge in [0.15, 0.2) is 5.65 Å². The Morgan fingerprint density at radius 1 is 1.15 bits per heavy atom. The Kier molecular flexibility index (Phi) is 7.00. The van der Waals surface area contributed by atoms with Gasteiger partial charge in [0.2, 0.25) is 15.9 Å². The van der Waals surface area contributed by atoms with Crippen LogP contribution in [0.2, 0.25) is 0 Å². The molecule has 34 heavy (non-hydrogen) atoms. The van der Waals surface area contributed by atoms with Gasteiger partial charge in [-0.05, 0) is 30.3 Å². The van der Waals surface area contributed by atoms with Crippen LogP contribution in [0.4, 0.5) is 11.4 Å². The highest BCUT2D eigenvalue weighted by Crippen LogP contribution is 2.31. The Balaban J connectivity index is 1.66. The third-order valence-corrected chi connectivity index (χ3v) is 7.76. The van der Waals surface area contributed by atoms with Crippen molar-refractivity contribution < 1.29 is 17.9 Å². The third-order valence-electron chi connectivity index (χ3n) is 5.72. The van der Waals surface area contributed by atoms with Gasteiger partial charge in [-0.1, -0.05) is 19.9 Å². The number of benzene rings is 1. The van der Waals surface area contributed by atoms with Gasteiger partial charge in [0.05, 0.1) is 29.5 Å². The molecule has 182 valence electrons. The molecule has 2 aromatic heterocycles. The fourth-order valence-electron chi connectivity index (χ4n) is 3.97. The second kappa shape index (κ2) is 9.95. The molecule has 3 aromatic rings. The SMILES string of the molecule is CCN(CC)S(=O)(=O)c1ccc(N2CCOCC2)c(NC(=O)Cn2nc3ccccn3c2=O)c1. The van der Waals surface area contributed by atoms with Crippen LogP contribution in [0.1, 0.15) is 13.8 Å². The maximum absolute atomic E-state index is 13.1. The summed E-state index contributed by atoms with van der Waals surface area (Å²) >= 11 is 0. The topological polar surface area (TPSA) is 118 Å². The van der Waals surface area contributed by atoms with Crippen LogP contribution in [0.3, 0.4) is 0 Å². The van der Waals surface area contributed by atoms with Gasteiger partial charge in [0.1, 0.15) is 6.54 Å². The van der Waals surface area contributed by atoms with Crippen LogP contribution in [0.15, 0.2) is 52.3 Å². The largest absolute Gasteiger partial charge is 0.378 e. The zero-order chi connectivity index (χ0) is 24.3. The predicted molar refractivity (Wildman–Crippen MR) is 128 cm³/mol. The number of rotatable bonds is 8. The van der Waals surface area contributed by atoms with Crippen LogP contribution in [0.25, 0.3) is 5.65 Å². The molecular weight excluding hydrogens is 460 g/mol. The van der Waals surface area contributed by atoms with Crippen molar-refractivity contribution in [2.75, 3.05) is 49.6 Å². The van der Waals surface area contributed by atoms with Crippen molar-refractivity contribution in [3.05, 3.63) is 53.1 Å². The van der Waals surface area contributed by atoms with Crippen molar-refractivity contribution in [3.8, 4) is 0 Å². The minimum atomic E-state index is -3.72. The highest BCUT2D eigenvalue weighted by molar-refractivity contribution is 7.89. The lowest BCUT2D eigenvalue weighted by Gasteiger charge is -2.31. The van der Waals surface area contributed by atoms with Gasteiger partial charge in [-0.3, -0.25) is 9.20 Å². The molecule has 12 heteroatoms. The Morgan fingerprint density at radius 3 is 2.56 bits per heavy atom. The van der Waals surface area contributed by atoms with Crippen LogP contribution >= 0.6 is 0 Å². The second-order valence-corrected chi connectivity index (χ2v) is 9.72. The number of pyridine rings is 1. The summed E-state index contributed by atoms with van der Waals surface area (Å²) in [5.74, 6) is -0.489. The number of nitrogens with zero attached hydrogens (tertiary/aromatic N) is 5. The highest BCUT2D eigenvalue weighted by atomic mass is 32.2. The molecule has 0 saturated carbocycles. The number of sulfonamides is 1. The number of anilines is 2. The van der Waals surface area contributed by atoms with Crippen molar-refractivity contribution in [2.24, 2.45) is 0 Å². The quantitative estimate of drug-likeness (QED) is 0.503. The van der Waals surface area contributed by atoms with E-state index in [0.717, 1.165) is 4.68 Å². The molecule has 1 aliphatic heterocycles. The number of hydrogen-bond donors (Lipinski definition) is 1. The van der Waals surface area contributed by atoms with Crippen LogP contribution < -0.4 is 15.9 Å². The summed E-state index contributed by atoms with van der Waals surface area (Å²) in [6.07, 6.45) is 1.58. The summed E-state index contributed by atoms with van der Waals surface area (Å²) in [4.78, 5) is 27.6. The van der Waals surface area contributed by atoms with Gasteiger partial charge in [-0.25, -0.2) is 17.9 Å². The molecule has 1 N–H and O–H groups in total. The molecule has 3 heterocycles. The van der Waals surface area contributed by atoms with E-state index in [4.69, 9.17) is 4.74 Å². The van der Waals surface area contributed by atoms with Crippen molar-refractivity contribution in [3.63, 3.8) is 0 Å². The first-order chi connectivity index (χ1) is 16.3. The van der Waals surface area contributed by atoms with E-state index in [1.54, 1.807) is 50.4 Å². The smallest absolute Gasteiger partial charge is 0.350 e. The molecule has 11 nitrogen and oxygen atoms in total. The van der Waals surface area contributed by atoms with Crippen LogP contribution in [-0.4, -0.2) is 72.2 Å². The maximum atomic E-state index is 13.1. The lowest BCUT2D eigenvalue weighted by atomic mass is 10.2. The van der Waals surface area contributed by atoms with E-state index in [2.05, 4.69) is 10.4 Å². The third kappa shape index (κ3) is 4.69. The molecule has 0 unspecified atom stereocenters. The number of fused-ring (bicyclic) bond motifs is 1. The minimum absolute atomic E-state index is 0.0911. The molecule has 0 atom stereocenters. The van der Waals surface area contributed by atoms with Crippen molar-refractivity contribution >= 4 is 33.0 Å². The van der Waals surface area contributed by atoms with Gasteiger partial charge in [-0.15, -0.1) is 5.10 Å². The number of carbonyl (C=O) groups is 1. The normalized spacial score (nSPS) is 14.6. The molecule has 1 saturated heterocycles. The standard InChI is InChI=1S/C22H28N6O5S/c1-3-26(4-2)34(31,32)17-8-9-19(25-11-13-33-14-12-25)18(15-17)23-21(29)16-28-22(30)27-10-6-5-7-20(27)24-28/h5-10,15H,3-4,11-14,16H2,1-2H3,(H,23,29). The average molecular weight is 489 g/mol. The lowest BCUT2D eigenvalue weighted by molar-refractivity contribution is -0.117. The molecule has 0 bridgehead atoms. The zero-order valence-corrected chi connectivity index (χ0v) is 20.0. The van der Waals surface area contributed by atoms with Crippen LogP contribution in [-0.2, 0) is 26.1 Å². The monoisotopic (exact) mass is 488 g/mol. The first-order valence-corrected chi connectivity index (χ1v) is 12.6. The van der Waals surface area contributed by atoms with Crippen molar-refractivity contribution in [1.29, 1.82) is 0 Å². The first kappa shape index (κ1) is 23.9. The Bertz CT molecular complexity index is 1340. The number of ether oxygens (including phenoxy) is 1. The molecule has 4 rings (SSSR count). The highest BCUT2D eigenvalue weighted by Gasteiger charge is 2.25. The van der Waals surface area contributed by atoms with Crippen LogP contribution in [0, 0.1) is 0 Å². The zero-order valence-electron chi connectivity index (χ0n) is 19.2. The minimum Gasteiger partial charge on any atom is -0.378 e. The Labute approximate surface area is 197 Å². The summed E-state index contributed by atoms with van der Waals surface area (Å²) in [7, 11) is -3.72. The Hall–Kier alpha value is -3.22. The summed E-state index contributed by atoms with van der Waals surface area (Å²) in [6.45, 7) is 6.19. The molecule has 1 aliphatic rings. The van der Waals surface area contributed by atoms with Crippen molar-refractivity contribution in [1.82, 2.24) is 18.5 Å². The van der Waals surface area contributed by atoms with E-state index >= 15 is 0 Å². The van der Waals surface area contributed by atoms with Crippen molar-refractivity contribution in [2.45, 2.75) is 25.3 Å². The number of morpholine rings is 1. The Morgan fingerprint density at radius 2 is 1.88 bits per heavy atom. The van der Waals surface area contributed by atoms with Gasteiger partial charge < -0.3 is 15.0 Å². The molecule has 0 spiro atoms. The molecule has 1 fully saturated rings. The molecule has 0 aliphatic carbocycles. The van der Waals surface area contributed by atoms with Gasteiger partial charge >= 0.3 is 5.69 Å². The first-order valence-electron chi connectivity index (χ1n) is 11.2. The molecule has 1 amide bonds. The van der Waals surface area contributed by atoms with E-state index in [9.17, 15) is 18.0 Å². The van der Waals surface area contributed by atoms with E-state index in [-0.39, 0.29) is 11.4 Å². The fourth-order valence-corrected chi connectivity index (χ4v) is 5.45. The van der Waals surface area contributed by atoms with Gasteiger partial charge in [0, 0.05) is 32.4 Å². The fraction of sp³-hybridized carbons (Fsp3) is 0.409. The van der Waals surface area contributed by atoms with Gasteiger partial charge in [0.25, 0.3) is 0 Å². The van der Waals surface area contributed by atoms with Gasteiger partial charge in [-0.2, -0.15) is 4.31 Å². The van der Waals surface area contributed by atoms with E-state index in [0.29, 0.717) is 56.4 Å². The molecule has 0 radical (unpaired) electrons. The molecule has 1 aromatic carbocycles. The lowest BCUT2D eigenvalue weighted by Crippen LogP contribution is -2.37. The average Bonchev–Trinajstić information content (AvgIpc) is 3.15. The summed E-state index contributed by atoms with van der Waals surface area (Å²) in [5.41, 5.74) is 1.05.